The number of benzene rings is 2. The van der Waals surface area contributed by atoms with Crippen LogP contribution in [0.5, 0.6) is 5.75 Å². The van der Waals surface area contributed by atoms with Crippen molar-refractivity contribution in [2.75, 3.05) is 24.2 Å². The number of hydrogen-bond donors (Lipinski definition) is 2. The lowest BCUT2D eigenvalue weighted by atomic mass is 10.1. The fourth-order valence-electron chi connectivity index (χ4n) is 2.95. The Bertz CT molecular complexity index is 1100. The molecule has 7 nitrogen and oxygen atoms in total. The predicted molar refractivity (Wildman–Crippen MR) is 114 cm³/mol. The Labute approximate surface area is 182 Å². The van der Waals surface area contributed by atoms with Gasteiger partial charge in [-0.25, -0.2) is 0 Å². The molecule has 2 aromatic carbocycles. The zero-order valence-electron chi connectivity index (χ0n) is 17.3. The van der Waals surface area contributed by atoms with Crippen LogP contribution in [0.15, 0.2) is 60.8 Å². The van der Waals surface area contributed by atoms with E-state index >= 15 is 0 Å². The number of alkyl halides is 3. The summed E-state index contributed by atoms with van der Waals surface area (Å²) < 4.78 is 40.4. The summed E-state index contributed by atoms with van der Waals surface area (Å²) in [5, 5.41) is 6.23. The fourth-order valence-corrected chi connectivity index (χ4v) is 2.95. The number of rotatable bonds is 7. The van der Waals surface area contributed by atoms with Gasteiger partial charge < -0.3 is 15.4 Å². The maximum absolute atomic E-state index is 12.7. The van der Waals surface area contributed by atoms with E-state index in [1.54, 1.807) is 43.3 Å². The molecule has 2 N–H and O–H groups in total. The predicted octanol–water partition coefficient (Wildman–Crippen LogP) is 4.03. The molecule has 10 heteroatoms. The highest BCUT2D eigenvalue weighted by atomic mass is 19.4. The minimum atomic E-state index is -4.78. The first-order chi connectivity index (χ1) is 15.1. The number of hydrogen-bond acceptors (Lipinski definition) is 5. The lowest BCUT2D eigenvalue weighted by molar-refractivity contribution is -0.274. The molecule has 0 saturated carbocycles. The van der Waals surface area contributed by atoms with Gasteiger partial charge in [-0.2, -0.15) is 0 Å². The molecule has 3 rings (SSSR count). The van der Waals surface area contributed by atoms with Crippen LogP contribution < -0.4 is 15.4 Å². The van der Waals surface area contributed by atoms with Crippen LogP contribution in [0, 0.1) is 0 Å². The summed E-state index contributed by atoms with van der Waals surface area (Å²) in [5.74, 6) is -1.11. The summed E-state index contributed by atoms with van der Waals surface area (Å²) in [6.45, 7) is 1.56. The number of pyridine rings is 1. The van der Waals surface area contributed by atoms with Crippen molar-refractivity contribution in [1.29, 1.82) is 0 Å². The van der Waals surface area contributed by atoms with E-state index in [1.165, 1.54) is 12.1 Å². The number of carbonyl (C=O) groups excluding carboxylic acids is 2. The Balaban J connectivity index is 1.55. The maximum Gasteiger partial charge on any atom is 0.573 e. The molecule has 0 aliphatic carbocycles. The fraction of sp³-hybridized carbons (Fsp3) is 0.227. The molecule has 1 aromatic heterocycles. The van der Waals surface area contributed by atoms with Crippen LogP contribution in [0.25, 0.3) is 10.9 Å². The van der Waals surface area contributed by atoms with Crippen LogP contribution in [-0.2, 0) is 9.59 Å². The SMILES string of the molecule is C[C@H](C(=O)Nc1cccc2ncccc12)N(C)CC(=O)Nc1ccc(OC(F)(F)F)cc1. The Morgan fingerprint density at radius 3 is 2.47 bits per heavy atom. The van der Waals surface area contributed by atoms with Gasteiger partial charge in [-0.1, -0.05) is 6.07 Å². The van der Waals surface area contributed by atoms with Crippen LogP contribution in [0.2, 0.25) is 0 Å². The van der Waals surface area contributed by atoms with Crippen molar-refractivity contribution in [2.24, 2.45) is 0 Å². The van der Waals surface area contributed by atoms with Crippen molar-refractivity contribution in [3.05, 3.63) is 60.8 Å². The third-order valence-electron chi connectivity index (χ3n) is 4.71. The molecular weight excluding hydrogens is 425 g/mol. The minimum Gasteiger partial charge on any atom is -0.406 e. The number of carbonyl (C=O) groups is 2. The van der Waals surface area contributed by atoms with E-state index < -0.39 is 18.3 Å². The molecule has 0 saturated heterocycles. The monoisotopic (exact) mass is 446 g/mol. The van der Waals surface area contributed by atoms with E-state index in [0.29, 0.717) is 11.4 Å². The smallest absolute Gasteiger partial charge is 0.406 e. The highest BCUT2D eigenvalue weighted by Gasteiger charge is 2.31. The second-order valence-electron chi connectivity index (χ2n) is 7.08. The molecule has 1 heterocycles. The summed E-state index contributed by atoms with van der Waals surface area (Å²) in [7, 11) is 1.62. The van der Waals surface area contributed by atoms with Gasteiger partial charge in [0.1, 0.15) is 5.75 Å². The van der Waals surface area contributed by atoms with E-state index in [9.17, 15) is 22.8 Å². The van der Waals surface area contributed by atoms with Crippen LogP contribution in [0.4, 0.5) is 24.5 Å². The summed E-state index contributed by atoms with van der Waals surface area (Å²) >= 11 is 0. The number of nitrogens with zero attached hydrogens (tertiary/aromatic N) is 2. The third kappa shape index (κ3) is 6.17. The number of aromatic nitrogens is 1. The molecule has 0 spiro atoms. The van der Waals surface area contributed by atoms with E-state index in [2.05, 4.69) is 20.4 Å². The van der Waals surface area contributed by atoms with Crippen molar-refractivity contribution >= 4 is 34.1 Å². The number of ether oxygens (including phenoxy) is 1. The molecule has 0 unspecified atom stereocenters. The highest BCUT2D eigenvalue weighted by molar-refractivity contribution is 6.03. The van der Waals surface area contributed by atoms with Gasteiger partial charge in [0.15, 0.2) is 0 Å². The second kappa shape index (κ2) is 9.65. The molecule has 168 valence electrons. The Kier molecular flexibility index (Phi) is 6.94. The Morgan fingerprint density at radius 2 is 1.78 bits per heavy atom. The standard InChI is InChI=1S/C22H21F3N4O3/c1-14(21(31)28-19-7-3-6-18-17(19)5-4-12-26-18)29(2)13-20(30)27-15-8-10-16(11-9-15)32-22(23,24)25/h3-12,14H,13H2,1-2H3,(H,27,30)(H,28,31)/t14-/m1/s1. The molecule has 0 radical (unpaired) electrons. The van der Waals surface area contributed by atoms with E-state index in [1.807, 2.05) is 12.1 Å². The molecule has 2 amide bonds. The normalized spacial score (nSPS) is 12.4. The van der Waals surface area contributed by atoms with Gasteiger partial charge in [-0.05, 0) is 62.5 Å². The third-order valence-corrected chi connectivity index (χ3v) is 4.71. The van der Waals surface area contributed by atoms with E-state index in [-0.39, 0.29) is 18.2 Å². The first-order valence-electron chi connectivity index (χ1n) is 9.63. The Hall–Kier alpha value is -3.66. The lowest BCUT2D eigenvalue weighted by Gasteiger charge is -2.23. The lowest BCUT2D eigenvalue weighted by Crippen LogP contribution is -2.43. The molecule has 1 atom stereocenters. The molecule has 32 heavy (non-hydrogen) atoms. The first-order valence-corrected chi connectivity index (χ1v) is 9.63. The minimum absolute atomic E-state index is 0.105. The number of amides is 2. The average Bonchev–Trinajstić information content (AvgIpc) is 2.73. The zero-order chi connectivity index (χ0) is 23.3. The van der Waals surface area contributed by atoms with Crippen molar-refractivity contribution in [1.82, 2.24) is 9.88 Å². The molecule has 0 fully saturated rings. The Morgan fingerprint density at radius 1 is 1.06 bits per heavy atom. The number of anilines is 2. The van der Waals surface area contributed by atoms with Crippen molar-refractivity contribution in [3.8, 4) is 5.75 Å². The van der Waals surface area contributed by atoms with Gasteiger partial charge in [-0.15, -0.1) is 13.2 Å². The van der Waals surface area contributed by atoms with Crippen LogP contribution >= 0.6 is 0 Å². The largest absolute Gasteiger partial charge is 0.573 e. The van der Waals surface area contributed by atoms with Gasteiger partial charge in [0.05, 0.1) is 23.8 Å². The maximum atomic E-state index is 12.7. The second-order valence-corrected chi connectivity index (χ2v) is 7.08. The molecule has 3 aromatic rings. The number of fused-ring (bicyclic) bond motifs is 1. The first kappa shape index (κ1) is 23.0. The van der Waals surface area contributed by atoms with Gasteiger partial charge in [-0.3, -0.25) is 19.5 Å². The van der Waals surface area contributed by atoms with E-state index in [0.717, 1.165) is 23.0 Å². The summed E-state index contributed by atoms with van der Waals surface area (Å²) in [6, 6.07) is 13.2. The zero-order valence-corrected chi connectivity index (χ0v) is 17.3. The molecule has 0 bridgehead atoms. The van der Waals surface area contributed by atoms with Gasteiger partial charge in [0.25, 0.3) is 0 Å². The summed E-state index contributed by atoms with van der Waals surface area (Å²) in [5.41, 5.74) is 1.67. The van der Waals surface area contributed by atoms with Gasteiger partial charge >= 0.3 is 6.36 Å². The number of likely N-dealkylation sites (N-methyl/N-ethyl adjacent to an activating group) is 1. The highest BCUT2D eigenvalue weighted by Crippen LogP contribution is 2.24. The number of nitrogens with one attached hydrogen (secondary N) is 2. The average molecular weight is 446 g/mol. The topological polar surface area (TPSA) is 83.6 Å². The van der Waals surface area contributed by atoms with Crippen LogP contribution in [0.3, 0.4) is 0 Å². The van der Waals surface area contributed by atoms with E-state index in [4.69, 9.17) is 0 Å². The van der Waals surface area contributed by atoms with Gasteiger partial charge in [0.2, 0.25) is 11.8 Å². The summed E-state index contributed by atoms with van der Waals surface area (Å²) in [4.78, 5) is 30.8. The van der Waals surface area contributed by atoms with Crippen molar-refractivity contribution in [2.45, 2.75) is 19.3 Å². The van der Waals surface area contributed by atoms with Crippen molar-refractivity contribution in [3.63, 3.8) is 0 Å². The van der Waals surface area contributed by atoms with Crippen LogP contribution in [0.1, 0.15) is 6.92 Å². The molecular formula is C22H21F3N4O3. The quantitative estimate of drug-likeness (QED) is 0.573. The van der Waals surface area contributed by atoms with Crippen LogP contribution in [-0.4, -0.2) is 47.7 Å². The summed E-state index contributed by atoms with van der Waals surface area (Å²) in [6.07, 6.45) is -3.12. The van der Waals surface area contributed by atoms with Gasteiger partial charge in [0, 0.05) is 17.3 Å². The van der Waals surface area contributed by atoms with Crippen molar-refractivity contribution < 1.29 is 27.5 Å². The molecule has 0 aliphatic rings. The number of halogens is 3. The molecule has 0 aliphatic heterocycles.